The molecule has 0 atom stereocenters. The molecule has 2 N–H and O–H groups in total. The van der Waals surface area contributed by atoms with Gasteiger partial charge in [-0.15, -0.1) is 0 Å². The number of carbonyl (C=O) groups excluding carboxylic acids is 1. The lowest BCUT2D eigenvalue weighted by Crippen LogP contribution is -2.12. The first kappa shape index (κ1) is 16.7. The molecule has 4 nitrogen and oxygen atoms in total. The number of benzene rings is 2. The van der Waals surface area contributed by atoms with E-state index < -0.39 is 5.97 Å². The number of aryl methyl sites for hydroxylation is 2. The van der Waals surface area contributed by atoms with Crippen molar-refractivity contribution in [2.24, 2.45) is 0 Å². The van der Waals surface area contributed by atoms with Crippen LogP contribution in [0.2, 0.25) is 0 Å². The summed E-state index contributed by atoms with van der Waals surface area (Å²) < 4.78 is 0. The van der Waals surface area contributed by atoms with E-state index in [0.717, 1.165) is 12.0 Å². The number of carbonyl (C=O) groups is 2. The van der Waals surface area contributed by atoms with Crippen molar-refractivity contribution >= 4 is 17.6 Å². The van der Waals surface area contributed by atoms with E-state index in [1.807, 2.05) is 0 Å². The van der Waals surface area contributed by atoms with Gasteiger partial charge in [0.15, 0.2) is 0 Å². The first-order valence-corrected chi connectivity index (χ1v) is 7.75. The van der Waals surface area contributed by atoms with Gasteiger partial charge < -0.3 is 10.4 Å². The van der Waals surface area contributed by atoms with Gasteiger partial charge in [0, 0.05) is 12.1 Å². The Hall–Kier alpha value is -2.62. The number of aliphatic carboxylic acids is 1. The average Bonchev–Trinajstić information content (AvgIpc) is 2.55. The highest BCUT2D eigenvalue weighted by Crippen LogP contribution is 2.12. The maximum atomic E-state index is 12.0. The summed E-state index contributed by atoms with van der Waals surface area (Å²) in [5.74, 6) is -0.911. The van der Waals surface area contributed by atoms with Crippen LogP contribution in [-0.2, 0) is 28.9 Å². The van der Waals surface area contributed by atoms with Crippen LogP contribution in [0, 0.1) is 0 Å². The Kier molecular flexibility index (Phi) is 5.92. The number of anilines is 1. The van der Waals surface area contributed by atoms with E-state index in [1.165, 1.54) is 5.56 Å². The molecule has 0 radical (unpaired) electrons. The zero-order valence-electron chi connectivity index (χ0n) is 13.2. The topological polar surface area (TPSA) is 66.4 Å². The molecule has 0 saturated heterocycles. The van der Waals surface area contributed by atoms with Gasteiger partial charge in [-0.05, 0) is 41.7 Å². The van der Waals surface area contributed by atoms with E-state index in [0.29, 0.717) is 24.1 Å². The number of amides is 1. The fourth-order valence-corrected chi connectivity index (χ4v) is 2.30. The maximum absolute atomic E-state index is 12.0. The van der Waals surface area contributed by atoms with Gasteiger partial charge in [-0.3, -0.25) is 9.59 Å². The fourth-order valence-electron chi connectivity index (χ4n) is 2.30. The molecular weight excluding hydrogens is 290 g/mol. The van der Waals surface area contributed by atoms with Gasteiger partial charge in [0.2, 0.25) is 5.91 Å². The van der Waals surface area contributed by atoms with Crippen LogP contribution >= 0.6 is 0 Å². The smallest absolute Gasteiger partial charge is 0.307 e. The Morgan fingerprint density at radius 3 is 2.04 bits per heavy atom. The van der Waals surface area contributed by atoms with Crippen molar-refractivity contribution in [1.82, 2.24) is 0 Å². The minimum atomic E-state index is -0.865. The molecule has 23 heavy (non-hydrogen) atoms. The van der Waals surface area contributed by atoms with Gasteiger partial charge in [0.1, 0.15) is 0 Å². The lowest BCUT2D eigenvalue weighted by atomic mass is 10.1. The van der Waals surface area contributed by atoms with Crippen LogP contribution in [0.3, 0.4) is 0 Å². The molecule has 4 heteroatoms. The van der Waals surface area contributed by atoms with E-state index in [1.54, 1.807) is 24.3 Å². The van der Waals surface area contributed by atoms with Crippen LogP contribution in [0.1, 0.15) is 30.0 Å². The summed E-state index contributed by atoms with van der Waals surface area (Å²) in [4.78, 5) is 22.6. The zero-order chi connectivity index (χ0) is 16.7. The van der Waals surface area contributed by atoms with Gasteiger partial charge in [-0.2, -0.15) is 0 Å². The second kappa shape index (κ2) is 8.13. The molecule has 0 saturated carbocycles. The van der Waals surface area contributed by atoms with Crippen molar-refractivity contribution in [3.8, 4) is 0 Å². The first-order valence-electron chi connectivity index (χ1n) is 7.75. The third-order valence-corrected chi connectivity index (χ3v) is 3.66. The molecule has 0 bridgehead atoms. The predicted molar refractivity (Wildman–Crippen MR) is 90.6 cm³/mol. The Balaban J connectivity index is 1.82. The molecular formula is C19H21NO3. The summed E-state index contributed by atoms with van der Waals surface area (Å²) in [5, 5.41) is 11.6. The molecule has 0 fully saturated rings. The lowest BCUT2D eigenvalue weighted by Gasteiger charge is -2.07. The van der Waals surface area contributed by atoms with Crippen LogP contribution in [0.5, 0.6) is 0 Å². The highest BCUT2D eigenvalue weighted by atomic mass is 16.4. The van der Waals surface area contributed by atoms with E-state index in [9.17, 15) is 9.59 Å². The molecule has 2 rings (SSSR count). The molecule has 0 heterocycles. The third-order valence-electron chi connectivity index (χ3n) is 3.66. The molecule has 2 aromatic carbocycles. The second-order valence-corrected chi connectivity index (χ2v) is 5.49. The largest absolute Gasteiger partial charge is 0.481 e. The summed E-state index contributed by atoms with van der Waals surface area (Å²) in [6.45, 7) is 2.12. The van der Waals surface area contributed by atoms with Crippen LogP contribution < -0.4 is 5.32 Å². The number of hydrogen-bond donors (Lipinski definition) is 2. The molecule has 0 spiro atoms. The summed E-state index contributed by atoms with van der Waals surface area (Å²) in [6, 6.07) is 15.2. The van der Waals surface area contributed by atoms with Crippen LogP contribution in [0.4, 0.5) is 5.69 Å². The van der Waals surface area contributed by atoms with Gasteiger partial charge >= 0.3 is 5.97 Å². The Morgan fingerprint density at radius 2 is 1.48 bits per heavy atom. The highest BCUT2D eigenvalue weighted by molar-refractivity contribution is 5.90. The summed E-state index contributed by atoms with van der Waals surface area (Å²) in [7, 11) is 0. The van der Waals surface area contributed by atoms with E-state index in [4.69, 9.17) is 5.11 Å². The normalized spacial score (nSPS) is 10.3. The van der Waals surface area contributed by atoms with Crippen LogP contribution in [-0.4, -0.2) is 17.0 Å². The lowest BCUT2D eigenvalue weighted by molar-refractivity contribution is -0.136. The van der Waals surface area contributed by atoms with E-state index in [2.05, 4.69) is 36.5 Å². The fraction of sp³-hybridized carbons (Fsp3) is 0.263. The summed E-state index contributed by atoms with van der Waals surface area (Å²) >= 11 is 0. The highest BCUT2D eigenvalue weighted by Gasteiger charge is 2.05. The third kappa shape index (κ3) is 5.58. The van der Waals surface area contributed by atoms with Crippen LogP contribution in [0.15, 0.2) is 48.5 Å². The molecule has 120 valence electrons. The van der Waals surface area contributed by atoms with Gasteiger partial charge in [-0.25, -0.2) is 0 Å². The SMILES string of the molecule is CCc1ccc(CCC(=O)Nc2ccc(CC(=O)O)cc2)cc1. The van der Waals surface area contributed by atoms with Crippen molar-refractivity contribution in [2.45, 2.75) is 32.6 Å². The molecule has 0 unspecified atom stereocenters. The zero-order valence-corrected chi connectivity index (χ0v) is 13.2. The van der Waals surface area contributed by atoms with Crippen molar-refractivity contribution in [3.05, 3.63) is 65.2 Å². The molecule has 0 aromatic heterocycles. The second-order valence-electron chi connectivity index (χ2n) is 5.49. The summed E-state index contributed by atoms with van der Waals surface area (Å²) in [5.41, 5.74) is 3.84. The number of carboxylic acids is 1. The van der Waals surface area contributed by atoms with E-state index >= 15 is 0 Å². The number of hydrogen-bond acceptors (Lipinski definition) is 2. The van der Waals surface area contributed by atoms with Crippen molar-refractivity contribution < 1.29 is 14.7 Å². The first-order chi connectivity index (χ1) is 11.1. The molecule has 2 aromatic rings. The van der Waals surface area contributed by atoms with Crippen LogP contribution in [0.25, 0.3) is 0 Å². The predicted octanol–water partition coefficient (Wildman–Crippen LogP) is 3.45. The Morgan fingerprint density at radius 1 is 0.913 bits per heavy atom. The Bertz CT molecular complexity index is 660. The van der Waals surface area contributed by atoms with Gasteiger partial charge in [-0.1, -0.05) is 43.3 Å². The minimum Gasteiger partial charge on any atom is -0.481 e. The molecule has 1 amide bonds. The molecule has 0 aliphatic heterocycles. The number of carboxylic acid groups (broad SMARTS) is 1. The number of nitrogens with one attached hydrogen (secondary N) is 1. The monoisotopic (exact) mass is 311 g/mol. The maximum Gasteiger partial charge on any atom is 0.307 e. The number of rotatable bonds is 7. The standard InChI is InChI=1S/C19H21NO3/c1-2-14-3-5-15(6-4-14)9-12-18(21)20-17-10-7-16(8-11-17)13-19(22)23/h3-8,10-11H,2,9,12-13H2,1H3,(H,20,21)(H,22,23). The Labute approximate surface area is 136 Å². The van der Waals surface area contributed by atoms with Crippen molar-refractivity contribution in [2.75, 3.05) is 5.32 Å². The van der Waals surface area contributed by atoms with Crippen molar-refractivity contribution in [3.63, 3.8) is 0 Å². The summed E-state index contributed by atoms with van der Waals surface area (Å²) in [6.07, 6.45) is 2.12. The molecule has 0 aliphatic rings. The minimum absolute atomic E-state index is 0.0119. The quantitative estimate of drug-likeness (QED) is 0.823. The van der Waals surface area contributed by atoms with Gasteiger partial charge in [0.25, 0.3) is 0 Å². The van der Waals surface area contributed by atoms with Crippen molar-refractivity contribution in [1.29, 1.82) is 0 Å². The van der Waals surface area contributed by atoms with E-state index in [-0.39, 0.29) is 12.3 Å². The average molecular weight is 311 g/mol. The molecule has 0 aliphatic carbocycles. The van der Waals surface area contributed by atoms with Gasteiger partial charge in [0.05, 0.1) is 6.42 Å².